The van der Waals surface area contributed by atoms with Gasteiger partial charge in [0, 0.05) is 24.9 Å². The second kappa shape index (κ2) is 5.73. The minimum atomic E-state index is 0.677. The lowest BCUT2D eigenvalue weighted by Gasteiger charge is -2.10. The van der Waals surface area contributed by atoms with Crippen molar-refractivity contribution in [2.24, 2.45) is 0 Å². The maximum Gasteiger partial charge on any atom is 0.154 e. The number of fused-ring (bicyclic) bond motifs is 4. The summed E-state index contributed by atoms with van der Waals surface area (Å²) in [5.41, 5.74) is 3.94. The predicted octanol–water partition coefficient (Wildman–Crippen LogP) is 2.17. The van der Waals surface area contributed by atoms with Crippen LogP contribution in [0.1, 0.15) is 12.1 Å². The van der Waals surface area contributed by atoms with E-state index in [1.165, 1.54) is 0 Å². The fourth-order valence-corrected chi connectivity index (χ4v) is 2.64. The van der Waals surface area contributed by atoms with Gasteiger partial charge >= 0.3 is 0 Å². The molecule has 1 aliphatic rings. The number of anilines is 1. The fourth-order valence-electron chi connectivity index (χ4n) is 2.64. The lowest BCUT2D eigenvalue weighted by molar-refractivity contribution is 0.141. The van der Waals surface area contributed by atoms with Crippen molar-refractivity contribution >= 4 is 11.5 Å². The van der Waals surface area contributed by atoms with E-state index in [-0.39, 0.29) is 0 Å². The molecule has 22 heavy (non-hydrogen) atoms. The van der Waals surface area contributed by atoms with Gasteiger partial charge in [0.15, 0.2) is 5.65 Å². The molecule has 4 rings (SSSR count). The molecule has 0 amide bonds. The van der Waals surface area contributed by atoms with Gasteiger partial charge < -0.3 is 10.1 Å². The summed E-state index contributed by atoms with van der Waals surface area (Å²) in [6.07, 6.45) is 5.53. The van der Waals surface area contributed by atoms with E-state index in [1.807, 2.05) is 35.0 Å². The highest BCUT2D eigenvalue weighted by molar-refractivity contribution is 5.65. The Balaban J connectivity index is 1.83. The molecule has 6 nitrogen and oxygen atoms in total. The molecule has 0 aromatic carbocycles. The quantitative estimate of drug-likeness (QED) is 0.688. The van der Waals surface area contributed by atoms with Gasteiger partial charge in [-0.3, -0.25) is 0 Å². The Hall–Kier alpha value is -2.47. The standard InChI is InChI=1S/C16H17N5O/c1-2-13-3-4-16-19-11-14(21(16)20-13)12-5-6-17-15(10-12)18-7-9-22-8-1/h3-6,10-11H,1-2,7-9H2,(H,17,18). The first-order valence-corrected chi connectivity index (χ1v) is 7.52. The topological polar surface area (TPSA) is 64.3 Å². The molecule has 1 aliphatic heterocycles. The van der Waals surface area contributed by atoms with Crippen molar-refractivity contribution in [3.63, 3.8) is 0 Å². The highest BCUT2D eigenvalue weighted by atomic mass is 16.5. The van der Waals surface area contributed by atoms with Crippen molar-refractivity contribution in [3.05, 3.63) is 42.4 Å². The number of ether oxygens (including phenoxy) is 1. The minimum absolute atomic E-state index is 0.677. The van der Waals surface area contributed by atoms with E-state index in [2.05, 4.69) is 15.3 Å². The van der Waals surface area contributed by atoms with Gasteiger partial charge in [-0.1, -0.05) is 0 Å². The molecule has 0 atom stereocenters. The van der Waals surface area contributed by atoms with E-state index in [1.54, 1.807) is 6.20 Å². The van der Waals surface area contributed by atoms with Gasteiger partial charge in [0.25, 0.3) is 0 Å². The Labute approximate surface area is 128 Å². The zero-order chi connectivity index (χ0) is 14.8. The van der Waals surface area contributed by atoms with Gasteiger partial charge in [0.2, 0.25) is 0 Å². The highest BCUT2D eigenvalue weighted by Gasteiger charge is 2.09. The van der Waals surface area contributed by atoms with Crippen LogP contribution in [-0.4, -0.2) is 39.3 Å². The van der Waals surface area contributed by atoms with Crippen LogP contribution in [0, 0.1) is 0 Å². The molecule has 0 radical (unpaired) electrons. The van der Waals surface area contributed by atoms with Crippen LogP contribution in [0.25, 0.3) is 16.9 Å². The third-order valence-electron chi connectivity index (χ3n) is 3.75. The summed E-state index contributed by atoms with van der Waals surface area (Å²) >= 11 is 0. The van der Waals surface area contributed by atoms with Gasteiger partial charge in [-0.25, -0.2) is 14.5 Å². The maximum absolute atomic E-state index is 5.62. The van der Waals surface area contributed by atoms with Gasteiger partial charge in [0.05, 0.1) is 24.2 Å². The van der Waals surface area contributed by atoms with E-state index >= 15 is 0 Å². The number of nitrogens with zero attached hydrogens (tertiary/aromatic N) is 4. The molecule has 0 saturated carbocycles. The number of aryl methyl sites for hydroxylation is 1. The van der Waals surface area contributed by atoms with E-state index in [9.17, 15) is 0 Å². The maximum atomic E-state index is 5.62. The predicted molar refractivity (Wildman–Crippen MR) is 83.8 cm³/mol. The van der Waals surface area contributed by atoms with Crippen LogP contribution in [0.2, 0.25) is 0 Å². The summed E-state index contributed by atoms with van der Waals surface area (Å²) in [6.45, 7) is 2.17. The van der Waals surface area contributed by atoms with Gasteiger partial charge in [0.1, 0.15) is 5.82 Å². The lowest BCUT2D eigenvalue weighted by Crippen LogP contribution is -2.12. The monoisotopic (exact) mass is 295 g/mol. The van der Waals surface area contributed by atoms with E-state index in [0.29, 0.717) is 6.61 Å². The van der Waals surface area contributed by atoms with Crippen molar-refractivity contribution in [1.29, 1.82) is 0 Å². The van der Waals surface area contributed by atoms with Crippen LogP contribution in [0.5, 0.6) is 0 Å². The number of hydrogen-bond donors (Lipinski definition) is 1. The molecule has 4 bridgehead atoms. The normalized spacial score (nSPS) is 15.5. The van der Waals surface area contributed by atoms with Crippen LogP contribution in [0.3, 0.4) is 0 Å². The Morgan fingerprint density at radius 3 is 3.14 bits per heavy atom. The Bertz CT molecular complexity index is 798. The van der Waals surface area contributed by atoms with Crippen LogP contribution < -0.4 is 5.32 Å². The molecular weight excluding hydrogens is 278 g/mol. The Morgan fingerprint density at radius 2 is 2.14 bits per heavy atom. The van der Waals surface area contributed by atoms with Crippen LogP contribution >= 0.6 is 0 Å². The molecule has 6 heteroatoms. The average Bonchev–Trinajstić information content (AvgIpc) is 2.97. The lowest BCUT2D eigenvalue weighted by atomic mass is 10.2. The number of pyridine rings is 1. The van der Waals surface area contributed by atoms with Gasteiger partial charge in [-0.05, 0) is 37.1 Å². The first-order chi connectivity index (χ1) is 10.9. The van der Waals surface area contributed by atoms with Crippen LogP contribution in [0.15, 0.2) is 36.7 Å². The molecule has 3 aromatic heterocycles. The molecule has 0 unspecified atom stereocenters. The first-order valence-electron chi connectivity index (χ1n) is 7.52. The molecular formula is C16H17N5O. The summed E-state index contributed by atoms with van der Waals surface area (Å²) < 4.78 is 7.53. The fraction of sp³-hybridized carbons (Fsp3) is 0.312. The van der Waals surface area contributed by atoms with Crippen LogP contribution in [0.4, 0.5) is 5.82 Å². The SMILES string of the molecule is c1cc2cc(n1)NCCOCCCc1ccc3ncc-2n3n1. The summed E-state index contributed by atoms with van der Waals surface area (Å²) in [5.74, 6) is 0.837. The number of imidazole rings is 1. The molecule has 0 spiro atoms. The average molecular weight is 295 g/mol. The number of aromatic nitrogens is 4. The van der Waals surface area contributed by atoms with E-state index in [4.69, 9.17) is 9.84 Å². The summed E-state index contributed by atoms with van der Waals surface area (Å²) in [4.78, 5) is 8.78. The van der Waals surface area contributed by atoms with E-state index in [0.717, 1.165) is 54.4 Å². The van der Waals surface area contributed by atoms with Crippen LogP contribution in [-0.2, 0) is 11.2 Å². The van der Waals surface area contributed by atoms with Crippen molar-refractivity contribution in [1.82, 2.24) is 19.6 Å². The third-order valence-corrected chi connectivity index (χ3v) is 3.75. The smallest absolute Gasteiger partial charge is 0.154 e. The number of hydrogen-bond acceptors (Lipinski definition) is 5. The highest BCUT2D eigenvalue weighted by Crippen LogP contribution is 2.22. The van der Waals surface area contributed by atoms with Gasteiger partial charge in [-0.2, -0.15) is 5.10 Å². The summed E-state index contributed by atoms with van der Waals surface area (Å²) in [6, 6.07) is 8.05. The summed E-state index contributed by atoms with van der Waals surface area (Å²) in [7, 11) is 0. The van der Waals surface area contributed by atoms with Gasteiger partial charge in [-0.15, -0.1) is 0 Å². The molecule has 4 heterocycles. The second-order valence-electron chi connectivity index (χ2n) is 5.31. The molecule has 0 aliphatic carbocycles. The summed E-state index contributed by atoms with van der Waals surface area (Å²) in [5, 5.41) is 8.00. The number of nitrogens with one attached hydrogen (secondary N) is 1. The Kier molecular flexibility index (Phi) is 3.44. The molecule has 0 fully saturated rings. The van der Waals surface area contributed by atoms with Crippen molar-refractivity contribution < 1.29 is 4.74 Å². The largest absolute Gasteiger partial charge is 0.380 e. The molecule has 1 N–H and O–H groups in total. The third kappa shape index (κ3) is 2.53. The zero-order valence-corrected chi connectivity index (χ0v) is 12.2. The van der Waals surface area contributed by atoms with Crippen molar-refractivity contribution in [2.45, 2.75) is 12.8 Å². The molecule has 112 valence electrons. The molecule has 3 aromatic rings. The van der Waals surface area contributed by atoms with Crippen molar-refractivity contribution in [2.75, 3.05) is 25.1 Å². The first kappa shape index (κ1) is 13.2. The Morgan fingerprint density at radius 1 is 1.14 bits per heavy atom. The van der Waals surface area contributed by atoms with Crippen molar-refractivity contribution in [3.8, 4) is 11.3 Å². The van der Waals surface area contributed by atoms with E-state index < -0.39 is 0 Å². The number of rotatable bonds is 0. The minimum Gasteiger partial charge on any atom is -0.380 e. The second-order valence-corrected chi connectivity index (χ2v) is 5.31. The zero-order valence-electron chi connectivity index (χ0n) is 12.2. The molecule has 0 saturated heterocycles.